The summed E-state index contributed by atoms with van der Waals surface area (Å²) in [6.45, 7) is 1.49. The summed E-state index contributed by atoms with van der Waals surface area (Å²) in [5, 5.41) is 0. The highest BCUT2D eigenvalue weighted by Crippen LogP contribution is 2.19. The first-order valence-corrected chi connectivity index (χ1v) is 8.11. The zero-order chi connectivity index (χ0) is 16.8. The number of hydroxylamine groups is 1. The van der Waals surface area contributed by atoms with E-state index >= 15 is 0 Å². The molecule has 1 aliphatic rings. The van der Waals surface area contributed by atoms with Crippen molar-refractivity contribution in [2.75, 3.05) is 13.1 Å². The Balaban J connectivity index is 1.72. The fraction of sp³-hybridized carbons (Fsp3) is 0.263. The SMILES string of the molecule is O=C(ONC(C(=O)N1CCCC1)c1ccccc1)c1ccccc1. The van der Waals surface area contributed by atoms with Gasteiger partial charge >= 0.3 is 5.97 Å². The minimum atomic E-state index is -0.697. The minimum absolute atomic E-state index is 0.0699. The first kappa shape index (κ1) is 16.2. The molecule has 3 rings (SSSR count). The van der Waals surface area contributed by atoms with Gasteiger partial charge < -0.3 is 9.74 Å². The first-order valence-electron chi connectivity index (χ1n) is 8.11. The van der Waals surface area contributed by atoms with Crippen LogP contribution < -0.4 is 5.48 Å². The molecule has 1 saturated heterocycles. The molecule has 1 fully saturated rings. The molecule has 2 aromatic rings. The van der Waals surface area contributed by atoms with Crippen LogP contribution in [0.25, 0.3) is 0 Å². The van der Waals surface area contributed by atoms with Gasteiger partial charge in [0, 0.05) is 13.1 Å². The van der Waals surface area contributed by atoms with E-state index in [2.05, 4.69) is 5.48 Å². The Labute approximate surface area is 141 Å². The van der Waals surface area contributed by atoms with Gasteiger partial charge in [0.15, 0.2) is 0 Å². The normalized spacial score (nSPS) is 15.1. The van der Waals surface area contributed by atoms with Gasteiger partial charge in [-0.1, -0.05) is 48.5 Å². The van der Waals surface area contributed by atoms with Gasteiger partial charge in [-0.25, -0.2) is 4.79 Å². The maximum absolute atomic E-state index is 12.8. The second kappa shape index (κ2) is 7.75. The number of nitrogens with zero attached hydrogens (tertiary/aromatic N) is 1. The van der Waals surface area contributed by atoms with Gasteiger partial charge in [-0.05, 0) is 30.5 Å². The summed E-state index contributed by atoms with van der Waals surface area (Å²) < 4.78 is 0. The molecule has 124 valence electrons. The molecule has 1 atom stereocenters. The van der Waals surface area contributed by atoms with Crippen LogP contribution in [0.3, 0.4) is 0 Å². The number of nitrogens with one attached hydrogen (secondary N) is 1. The second-order valence-corrected chi connectivity index (χ2v) is 5.75. The van der Waals surface area contributed by atoms with Crippen molar-refractivity contribution in [1.29, 1.82) is 0 Å². The lowest BCUT2D eigenvalue weighted by molar-refractivity contribution is -0.135. The number of benzene rings is 2. The Hall–Kier alpha value is -2.66. The van der Waals surface area contributed by atoms with Gasteiger partial charge in [0.1, 0.15) is 6.04 Å². The summed E-state index contributed by atoms with van der Waals surface area (Å²) in [4.78, 5) is 31.9. The molecule has 0 aromatic heterocycles. The molecule has 2 aromatic carbocycles. The third-order valence-corrected chi connectivity index (χ3v) is 4.08. The van der Waals surface area contributed by atoms with Crippen LogP contribution in [0, 0.1) is 0 Å². The highest BCUT2D eigenvalue weighted by molar-refractivity contribution is 5.89. The van der Waals surface area contributed by atoms with E-state index in [0.29, 0.717) is 5.56 Å². The van der Waals surface area contributed by atoms with Crippen LogP contribution in [0.5, 0.6) is 0 Å². The fourth-order valence-electron chi connectivity index (χ4n) is 2.77. The molecule has 1 aliphatic heterocycles. The van der Waals surface area contributed by atoms with Gasteiger partial charge in [0.25, 0.3) is 0 Å². The fourth-order valence-corrected chi connectivity index (χ4v) is 2.77. The lowest BCUT2D eigenvalue weighted by atomic mass is 10.1. The van der Waals surface area contributed by atoms with Gasteiger partial charge in [-0.3, -0.25) is 4.79 Å². The smallest absolute Gasteiger partial charge is 0.356 e. The average molecular weight is 324 g/mol. The molecule has 24 heavy (non-hydrogen) atoms. The zero-order valence-electron chi connectivity index (χ0n) is 13.4. The van der Waals surface area contributed by atoms with Crippen LogP contribution in [0.2, 0.25) is 0 Å². The Morgan fingerprint density at radius 2 is 1.50 bits per heavy atom. The predicted molar refractivity (Wildman–Crippen MR) is 90.0 cm³/mol. The maximum atomic E-state index is 12.8. The molecule has 0 bridgehead atoms. The van der Waals surface area contributed by atoms with Crippen LogP contribution in [0.15, 0.2) is 60.7 Å². The van der Waals surface area contributed by atoms with E-state index < -0.39 is 12.0 Å². The molecule has 0 saturated carbocycles. The van der Waals surface area contributed by atoms with Crippen molar-refractivity contribution in [3.8, 4) is 0 Å². The van der Waals surface area contributed by atoms with Crippen molar-refractivity contribution in [3.63, 3.8) is 0 Å². The quantitative estimate of drug-likeness (QED) is 0.859. The van der Waals surface area contributed by atoms with Crippen molar-refractivity contribution in [1.82, 2.24) is 10.4 Å². The van der Waals surface area contributed by atoms with Crippen LogP contribution in [-0.4, -0.2) is 29.9 Å². The lowest BCUT2D eigenvalue weighted by Gasteiger charge is -2.23. The number of carbonyl (C=O) groups is 2. The van der Waals surface area contributed by atoms with Gasteiger partial charge in [-0.15, -0.1) is 5.48 Å². The summed E-state index contributed by atoms with van der Waals surface area (Å²) in [6, 6.07) is 17.3. The number of amides is 1. The van der Waals surface area contributed by atoms with E-state index in [4.69, 9.17) is 4.84 Å². The molecule has 1 N–H and O–H groups in total. The van der Waals surface area contributed by atoms with E-state index in [1.807, 2.05) is 36.4 Å². The van der Waals surface area contributed by atoms with Gasteiger partial charge in [0.2, 0.25) is 5.91 Å². The highest BCUT2D eigenvalue weighted by Gasteiger charge is 2.29. The molecule has 1 amide bonds. The van der Waals surface area contributed by atoms with Crippen LogP contribution >= 0.6 is 0 Å². The molecule has 1 heterocycles. The van der Waals surface area contributed by atoms with Crippen LogP contribution in [-0.2, 0) is 9.63 Å². The summed E-state index contributed by atoms with van der Waals surface area (Å²) in [6.07, 6.45) is 2.02. The molecule has 5 nitrogen and oxygen atoms in total. The summed E-state index contributed by atoms with van der Waals surface area (Å²) >= 11 is 0. The summed E-state index contributed by atoms with van der Waals surface area (Å²) in [5.74, 6) is -0.578. The summed E-state index contributed by atoms with van der Waals surface area (Å²) in [7, 11) is 0. The number of carbonyl (C=O) groups excluding carboxylic acids is 2. The van der Waals surface area contributed by atoms with E-state index in [9.17, 15) is 9.59 Å². The monoisotopic (exact) mass is 324 g/mol. The van der Waals surface area contributed by atoms with Crippen molar-refractivity contribution in [2.24, 2.45) is 0 Å². The summed E-state index contributed by atoms with van der Waals surface area (Å²) in [5.41, 5.74) is 3.88. The molecular weight excluding hydrogens is 304 g/mol. The van der Waals surface area contributed by atoms with Crippen molar-refractivity contribution in [3.05, 3.63) is 71.8 Å². The molecule has 0 spiro atoms. The number of hydrogen-bond donors (Lipinski definition) is 1. The topological polar surface area (TPSA) is 58.6 Å². The average Bonchev–Trinajstić information content (AvgIpc) is 3.18. The second-order valence-electron chi connectivity index (χ2n) is 5.75. The highest BCUT2D eigenvalue weighted by atomic mass is 16.7. The Kier molecular flexibility index (Phi) is 5.23. The van der Waals surface area contributed by atoms with Crippen molar-refractivity contribution >= 4 is 11.9 Å². The van der Waals surface area contributed by atoms with Gasteiger partial charge in [-0.2, -0.15) is 0 Å². The van der Waals surface area contributed by atoms with Gasteiger partial charge in [0.05, 0.1) is 5.56 Å². The van der Waals surface area contributed by atoms with E-state index in [1.165, 1.54) is 0 Å². The molecule has 1 unspecified atom stereocenters. The number of hydrogen-bond acceptors (Lipinski definition) is 4. The third-order valence-electron chi connectivity index (χ3n) is 4.08. The van der Waals surface area contributed by atoms with Crippen LogP contribution in [0.1, 0.15) is 34.8 Å². The van der Waals surface area contributed by atoms with Crippen molar-refractivity contribution < 1.29 is 14.4 Å². The van der Waals surface area contributed by atoms with E-state index in [-0.39, 0.29) is 5.91 Å². The standard InChI is InChI=1S/C19H20N2O3/c22-18(21-13-7-8-14-21)17(15-9-3-1-4-10-15)20-24-19(23)16-11-5-2-6-12-16/h1-6,9-12,17,20H,7-8,13-14H2. The zero-order valence-corrected chi connectivity index (χ0v) is 13.4. The Morgan fingerprint density at radius 1 is 0.917 bits per heavy atom. The Morgan fingerprint density at radius 3 is 2.12 bits per heavy atom. The van der Waals surface area contributed by atoms with Crippen LogP contribution in [0.4, 0.5) is 0 Å². The molecular formula is C19H20N2O3. The molecule has 0 radical (unpaired) electrons. The third kappa shape index (κ3) is 3.81. The predicted octanol–water partition coefficient (Wildman–Crippen LogP) is 2.71. The minimum Gasteiger partial charge on any atom is -0.366 e. The first-order chi connectivity index (χ1) is 11.8. The molecule has 5 heteroatoms. The Bertz CT molecular complexity index is 682. The number of likely N-dealkylation sites (tertiary alicyclic amines) is 1. The van der Waals surface area contributed by atoms with E-state index in [1.54, 1.807) is 29.2 Å². The van der Waals surface area contributed by atoms with Crippen molar-refractivity contribution in [2.45, 2.75) is 18.9 Å². The maximum Gasteiger partial charge on any atom is 0.356 e. The lowest BCUT2D eigenvalue weighted by Crippen LogP contribution is -2.40. The number of rotatable bonds is 5. The molecule has 0 aliphatic carbocycles. The van der Waals surface area contributed by atoms with E-state index in [0.717, 1.165) is 31.5 Å². The largest absolute Gasteiger partial charge is 0.366 e.